The van der Waals surface area contributed by atoms with Crippen molar-refractivity contribution in [3.05, 3.63) is 59.7 Å². The first-order valence-electron chi connectivity index (χ1n) is 10.2. The van der Waals surface area contributed by atoms with E-state index in [1.165, 1.54) is 6.42 Å². The van der Waals surface area contributed by atoms with Crippen molar-refractivity contribution in [2.75, 3.05) is 0 Å². The Morgan fingerprint density at radius 1 is 0.714 bits per heavy atom. The van der Waals surface area contributed by atoms with Crippen LogP contribution in [-0.4, -0.2) is 26.2 Å². The molecule has 156 valence electrons. The smallest absolute Gasteiger partial charge is 0.162 e. The summed E-state index contributed by atoms with van der Waals surface area (Å²) in [6, 6.07) is 14.4. The lowest BCUT2D eigenvalue weighted by molar-refractivity contribution is -0.180. The first-order chi connectivity index (χ1) is 13.1. The average Bonchev–Trinajstić information content (AvgIpc) is 2.63. The van der Waals surface area contributed by atoms with E-state index in [0.29, 0.717) is 12.8 Å². The van der Waals surface area contributed by atoms with Crippen LogP contribution >= 0.6 is 0 Å². The summed E-state index contributed by atoms with van der Waals surface area (Å²) in [5, 5.41) is 36.5. The second-order valence-electron chi connectivity index (χ2n) is 7.97. The van der Waals surface area contributed by atoms with Crippen LogP contribution in [0, 0.1) is 0 Å². The molecule has 0 aliphatic heterocycles. The lowest BCUT2D eigenvalue weighted by Gasteiger charge is -2.26. The van der Waals surface area contributed by atoms with Crippen LogP contribution in [0.2, 0.25) is 0 Å². The highest BCUT2D eigenvalue weighted by molar-refractivity contribution is 5.41. The molecule has 0 spiro atoms. The van der Waals surface area contributed by atoms with Gasteiger partial charge in [0.05, 0.1) is 0 Å². The second-order valence-corrected chi connectivity index (χ2v) is 7.97. The third kappa shape index (κ3) is 7.91. The number of phenols is 2. The van der Waals surface area contributed by atoms with Crippen molar-refractivity contribution in [1.82, 2.24) is 0 Å². The van der Waals surface area contributed by atoms with Gasteiger partial charge in [0.1, 0.15) is 11.5 Å². The van der Waals surface area contributed by atoms with Gasteiger partial charge >= 0.3 is 0 Å². The summed E-state index contributed by atoms with van der Waals surface area (Å²) >= 11 is 0. The van der Waals surface area contributed by atoms with Crippen molar-refractivity contribution in [3.8, 4) is 11.5 Å². The van der Waals surface area contributed by atoms with E-state index in [2.05, 4.69) is 27.7 Å². The lowest BCUT2D eigenvalue weighted by Crippen LogP contribution is -2.30. The van der Waals surface area contributed by atoms with Crippen LogP contribution in [0.5, 0.6) is 11.5 Å². The molecule has 0 atom stereocenters. The van der Waals surface area contributed by atoms with Crippen LogP contribution in [-0.2, 0) is 5.41 Å². The van der Waals surface area contributed by atoms with Gasteiger partial charge in [0, 0.05) is 18.3 Å². The van der Waals surface area contributed by atoms with Gasteiger partial charge in [-0.1, -0.05) is 64.8 Å². The van der Waals surface area contributed by atoms with Crippen LogP contribution in [0.4, 0.5) is 0 Å². The third-order valence-electron chi connectivity index (χ3n) is 4.83. The lowest BCUT2D eigenvalue weighted by atomic mass is 9.78. The van der Waals surface area contributed by atoms with Crippen LogP contribution in [0.25, 0.3) is 0 Å². The van der Waals surface area contributed by atoms with Crippen LogP contribution in [0.1, 0.15) is 77.3 Å². The Morgan fingerprint density at radius 3 is 1.29 bits per heavy atom. The minimum absolute atomic E-state index is 0.151. The van der Waals surface area contributed by atoms with Crippen LogP contribution in [0.3, 0.4) is 0 Å². The molecule has 0 radical (unpaired) electrons. The van der Waals surface area contributed by atoms with Gasteiger partial charge in [-0.2, -0.15) is 0 Å². The van der Waals surface area contributed by atoms with Gasteiger partial charge in [-0.3, -0.25) is 0 Å². The van der Waals surface area contributed by atoms with E-state index in [0.717, 1.165) is 30.4 Å². The highest BCUT2D eigenvalue weighted by Crippen LogP contribution is 2.32. The standard InChI is InChI=1S/C15H16O2.C6H12O2.C3H8/c1-15(2,11-3-7-13(16)8-4-11)12-5-9-14(17)10-6-12;7-6(8)4-2-1-3-5-6;1-3-2/h3-10,16-17H,1-2H3;7-8H,1-5H2;3H2,1-2H3. The molecular formula is C24H36O4. The molecule has 1 saturated carbocycles. The molecule has 0 amide bonds. The molecule has 0 bridgehead atoms. The van der Waals surface area contributed by atoms with Gasteiger partial charge in [-0.15, -0.1) is 0 Å². The van der Waals surface area contributed by atoms with Crippen molar-refractivity contribution < 1.29 is 20.4 Å². The van der Waals surface area contributed by atoms with Crippen molar-refractivity contribution >= 4 is 0 Å². The third-order valence-corrected chi connectivity index (χ3v) is 4.83. The average molecular weight is 389 g/mol. The predicted molar refractivity (Wildman–Crippen MR) is 115 cm³/mol. The van der Waals surface area contributed by atoms with Crippen LogP contribution < -0.4 is 0 Å². The Bertz CT molecular complexity index is 617. The molecule has 1 aliphatic carbocycles. The molecule has 2 aromatic carbocycles. The summed E-state index contributed by atoms with van der Waals surface area (Å²) in [6.45, 7) is 8.48. The van der Waals surface area contributed by atoms with Crippen molar-refractivity contribution in [3.63, 3.8) is 0 Å². The van der Waals surface area contributed by atoms with Gasteiger partial charge in [0.2, 0.25) is 0 Å². The van der Waals surface area contributed by atoms with Gasteiger partial charge in [0.25, 0.3) is 0 Å². The fourth-order valence-corrected chi connectivity index (χ4v) is 3.04. The van der Waals surface area contributed by atoms with E-state index in [4.69, 9.17) is 10.2 Å². The summed E-state index contributed by atoms with van der Waals surface area (Å²) < 4.78 is 0. The zero-order valence-corrected chi connectivity index (χ0v) is 17.7. The van der Waals surface area contributed by atoms with Gasteiger partial charge < -0.3 is 20.4 Å². The van der Waals surface area contributed by atoms with E-state index >= 15 is 0 Å². The van der Waals surface area contributed by atoms with E-state index in [9.17, 15) is 10.2 Å². The molecule has 3 rings (SSSR count). The Hall–Kier alpha value is -2.04. The molecule has 28 heavy (non-hydrogen) atoms. The topological polar surface area (TPSA) is 80.9 Å². The Morgan fingerprint density at radius 2 is 1.04 bits per heavy atom. The minimum Gasteiger partial charge on any atom is -0.508 e. The summed E-state index contributed by atoms with van der Waals surface area (Å²) in [5.41, 5.74) is 2.10. The Balaban J connectivity index is 0.000000296. The highest BCUT2D eigenvalue weighted by Gasteiger charge is 2.25. The SMILES string of the molecule is CC(C)(c1ccc(O)cc1)c1ccc(O)cc1.CCC.OC1(O)CCCCC1. The fraction of sp³-hybridized carbons (Fsp3) is 0.500. The van der Waals surface area contributed by atoms with E-state index in [-0.39, 0.29) is 16.9 Å². The fourth-order valence-electron chi connectivity index (χ4n) is 3.04. The number of aromatic hydroxyl groups is 2. The number of aliphatic hydroxyl groups is 2. The highest BCUT2D eigenvalue weighted by atomic mass is 16.5. The maximum Gasteiger partial charge on any atom is 0.162 e. The van der Waals surface area contributed by atoms with E-state index in [1.807, 2.05) is 24.3 Å². The Labute approximate surface area is 169 Å². The van der Waals surface area contributed by atoms with Gasteiger partial charge in [-0.25, -0.2) is 0 Å². The molecule has 1 fully saturated rings. The summed E-state index contributed by atoms with van der Waals surface area (Å²) in [5.74, 6) is -0.774. The van der Waals surface area contributed by atoms with Crippen molar-refractivity contribution in [1.29, 1.82) is 0 Å². The number of rotatable bonds is 2. The summed E-state index contributed by atoms with van der Waals surface area (Å²) in [7, 11) is 0. The van der Waals surface area contributed by atoms with E-state index in [1.54, 1.807) is 24.3 Å². The monoisotopic (exact) mass is 388 g/mol. The van der Waals surface area contributed by atoms with Crippen molar-refractivity contribution in [2.24, 2.45) is 0 Å². The zero-order chi connectivity index (χ0) is 21.2. The summed E-state index contributed by atoms with van der Waals surface area (Å²) in [6.07, 6.45) is 5.46. The minimum atomic E-state index is -1.32. The molecule has 2 aromatic rings. The van der Waals surface area contributed by atoms with Gasteiger partial charge in [0.15, 0.2) is 5.79 Å². The van der Waals surface area contributed by atoms with Gasteiger partial charge in [-0.05, 0) is 48.2 Å². The largest absolute Gasteiger partial charge is 0.508 e. The van der Waals surface area contributed by atoms with Crippen LogP contribution in [0.15, 0.2) is 48.5 Å². The maximum atomic E-state index is 9.30. The summed E-state index contributed by atoms with van der Waals surface area (Å²) in [4.78, 5) is 0. The first-order valence-corrected chi connectivity index (χ1v) is 10.2. The number of hydrogen-bond donors (Lipinski definition) is 4. The molecule has 0 heterocycles. The molecule has 0 aromatic heterocycles. The van der Waals surface area contributed by atoms with Crippen molar-refractivity contribution in [2.45, 2.75) is 77.4 Å². The second kappa shape index (κ2) is 11.1. The molecule has 0 saturated heterocycles. The maximum absolute atomic E-state index is 9.30. The molecule has 1 aliphatic rings. The number of phenolic OH excluding ortho intramolecular Hbond substituents is 2. The molecule has 4 nitrogen and oxygen atoms in total. The number of benzene rings is 2. The quantitative estimate of drug-likeness (QED) is 0.514. The zero-order valence-electron chi connectivity index (χ0n) is 17.7. The molecular weight excluding hydrogens is 352 g/mol. The predicted octanol–water partition coefficient (Wildman–Crippen LogP) is 5.47. The number of hydrogen-bond acceptors (Lipinski definition) is 4. The molecule has 4 N–H and O–H groups in total. The molecule has 0 unspecified atom stereocenters. The first kappa shape index (κ1) is 24.0. The van der Waals surface area contributed by atoms with E-state index < -0.39 is 5.79 Å². The molecule has 4 heteroatoms. The normalized spacial score (nSPS) is 15.5. The Kier molecular flexibility index (Phi) is 9.50.